The number of benzene rings is 2. The number of rotatable bonds is 7. The molecule has 0 saturated heterocycles. The first-order valence-corrected chi connectivity index (χ1v) is 12.7. The van der Waals surface area contributed by atoms with Crippen molar-refractivity contribution < 1.29 is 27.1 Å². The van der Waals surface area contributed by atoms with E-state index in [0.717, 1.165) is 36.8 Å². The number of ether oxygens (including phenoxy) is 1. The van der Waals surface area contributed by atoms with Crippen LogP contribution >= 0.6 is 0 Å². The van der Waals surface area contributed by atoms with Crippen LogP contribution in [0.15, 0.2) is 48.5 Å². The van der Waals surface area contributed by atoms with Crippen molar-refractivity contribution in [1.29, 1.82) is 0 Å². The number of hydrogen-bond acceptors (Lipinski definition) is 6. The van der Waals surface area contributed by atoms with Gasteiger partial charge >= 0.3 is 5.97 Å². The Morgan fingerprint density at radius 3 is 2.35 bits per heavy atom. The van der Waals surface area contributed by atoms with Gasteiger partial charge in [0.1, 0.15) is 5.82 Å². The molecule has 0 amide bonds. The van der Waals surface area contributed by atoms with E-state index >= 15 is 0 Å². The summed E-state index contributed by atoms with van der Waals surface area (Å²) in [4.78, 5) is 25.8. The third kappa shape index (κ3) is 5.17. The van der Waals surface area contributed by atoms with Crippen molar-refractivity contribution in [3.05, 3.63) is 76.9 Å². The Kier molecular flexibility index (Phi) is 6.52. The molecule has 178 valence electrons. The number of esters is 1. The summed E-state index contributed by atoms with van der Waals surface area (Å²) in [7, 11) is -3.43. The molecule has 0 aliphatic heterocycles. The fourth-order valence-corrected chi connectivity index (χ4v) is 4.54. The highest BCUT2D eigenvalue weighted by Crippen LogP contribution is 2.28. The Morgan fingerprint density at radius 2 is 1.71 bits per heavy atom. The standard InChI is InChI=1S/C24H24FN3O5S/c1-15(23(29)16-7-11-18(12-8-16)27-34(2,31)32)33-24(30)22-20-5-3-4-6-21(20)28(26-22)19-13-9-17(25)10-14-19/h7-15,27H,3-6H2,1-2H3. The third-order valence-electron chi connectivity index (χ3n) is 5.57. The maximum absolute atomic E-state index is 13.4. The van der Waals surface area contributed by atoms with Gasteiger partial charge in [-0.1, -0.05) is 0 Å². The molecule has 34 heavy (non-hydrogen) atoms. The Labute approximate surface area is 196 Å². The molecular formula is C24H24FN3O5S. The molecule has 1 aliphatic rings. The summed E-state index contributed by atoms with van der Waals surface area (Å²) in [5.74, 6) is -1.49. The first kappa shape index (κ1) is 23.6. The summed E-state index contributed by atoms with van der Waals surface area (Å²) in [6, 6.07) is 11.7. The molecule has 3 aromatic rings. The number of anilines is 1. The molecule has 1 aromatic heterocycles. The second-order valence-electron chi connectivity index (χ2n) is 8.23. The van der Waals surface area contributed by atoms with Crippen molar-refractivity contribution in [3.8, 4) is 5.69 Å². The predicted octanol–water partition coefficient (Wildman–Crippen LogP) is 3.69. The van der Waals surface area contributed by atoms with Crippen molar-refractivity contribution in [2.24, 2.45) is 0 Å². The number of carbonyl (C=O) groups is 2. The van der Waals surface area contributed by atoms with Gasteiger partial charge in [0.25, 0.3) is 0 Å². The van der Waals surface area contributed by atoms with Crippen LogP contribution in [0.4, 0.5) is 10.1 Å². The van der Waals surface area contributed by atoms with Gasteiger partial charge in [0.2, 0.25) is 15.8 Å². The lowest BCUT2D eigenvalue weighted by atomic mass is 9.95. The minimum absolute atomic E-state index is 0.159. The van der Waals surface area contributed by atoms with Crippen molar-refractivity contribution in [2.75, 3.05) is 11.0 Å². The molecule has 0 radical (unpaired) electrons. The van der Waals surface area contributed by atoms with Crippen LogP contribution in [0.1, 0.15) is 51.9 Å². The molecule has 0 bridgehead atoms. The van der Waals surface area contributed by atoms with Crippen molar-refractivity contribution in [3.63, 3.8) is 0 Å². The van der Waals surface area contributed by atoms with Gasteiger partial charge in [0.15, 0.2) is 11.8 Å². The van der Waals surface area contributed by atoms with E-state index in [2.05, 4.69) is 9.82 Å². The van der Waals surface area contributed by atoms with Crippen LogP contribution < -0.4 is 4.72 Å². The topological polar surface area (TPSA) is 107 Å². The highest BCUT2D eigenvalue weighted by Gasteiger charge is 2.29. The van der Waals surface area contributed by atoms with E-state index in [4.69, 9.17) is 4.74 Å². The molecule has 0 saturated carbocycles. The number of hydrogen-bond donors (Lipinski definition) is 1. The van der Waals surface area contributed by atoms with Crippen LogP contribution in [0.25, 0.3) is 5.69 Å². The molecule has 1 aliphatic carbocycles. The lowest BCUT2D eigenvalue weighted by Gasteiger charge is -2.15. The number of halogens is 1. The summed E-state index contributed by atoms with van der Waals surface area (Å²) in [6.45, 7) is 1.48. The van der Waals surface area contributed by atoms with Gasteiger partial charge < -0.3 is 4.74 Å². The lowest BCUT2D eigenvalue weighted by Crippen LogP contribution is -2.25. The molecule has 2 aromatic carbocycles. The monoisotopic (exact) mass is 485 g/mol. The van der Waals surface area contributed by atoms with Crippen molar-refractivity contribution in [2.45, 2.75) is 38.7 Å². The number of Topliss-reactive ketones (excluding diaryl/α,β-unsaturated/α-hetero) is 1. The predicted molar refractivity (Wildman–Crippen MR) is 124 cm³/mol. The Bertz CT molecular complexity index is 1330. The third-order valence-corrected chi connectivity index (χ3v) is 6.18. The molecule has 0 fully saturated rings. The summed E-state index contributed by atoms with van der Waals surface area (Å²) in [5.41, 5.74) is 3.07. The molecule has 10 heteroatoms. The van der Waals surface area contributed by atoms with Gasteiger partial charge in [-0.2, -0.15) is 5.10 Å². The SMILES string of the molecule is CC(OC(=O)c1nn(-c2ccc(F)cc2)c2c1CCCC2)C(=O)c1ccc(NS(C)(=O)=O)cc1. The smallest absolute Gasteiger partial charge is 0.359 e. The van der Waals surface area contributed by atoms with Crippen LogP contribution in [-0.4, -0.2) is 42.3 Å². The van der Waals surface area contributed by atoms with Gasteiger partial charge in [-0.3, -0.25) is 9.52 Å². The Hall–Kier alpha value is -3.53. The number of fused-ring (bicyclic) bond motifs is 1. The normalized spacial score (nSPS) is 14.2. The number of carbonyl (C=O) groups excluding carboxylic acids is 2. The Morgan fingerprint density at radius 1 is 1.06 bits per heavy atom. The molecule has 8 nitrogen and oxygen atoms in total. The summed E-state index contributed by atoms with van der Waals surface area (Å²) >= 11 is 0. The molecular weight excluding hydrogens is 461 g/mol. The fraction of sp³-hybridized carbons (Fsp3) is 0.292. The zero-order valence-electron chi connectivity index (χ0n) is 18.7. The number of aromatic nitrogens is 2. The zero-order valence-corrected chi connectivity index (χ0v) is 19.6. The minimum Gasteiger partial charge on any atom is -0.449 e. The van der Waals surface area contributed by atoms with Gasteiger partial charge in [0.05, 0.1) is 11.9 Å². The quantitative estimate of drug-likeness (QED) is 0.404. The van der Waals surface area contributed by atoms with Gasteiger partial charge in [-0.15, -0.1) is 0 Å². The highest BCUT2D eigenvalue weighted by molar-refractivity contribution is 7.92. The van der Waals surface area contributed by atoms with Crippen LogP contribution in [0.2, 0.25) is 0 Å². The minimum atomic E-state index is -3.43. The molecule has 1 N–H and O–H groups in total. The molecule has 1 heterocycles. The van der Waals surface area contributed by atoms with Crippen molar-refractivity contribution in [1.82, 2.24) is 9.78 Å². The van der Waals surface area contributed by atoms with E-state index < -0.39 is 27.9 Å². The Balaban J connectivity index is 1.53. The summed E-state index contributed by atoms with van der Waals surface area (Å²) in [6.07, 6.45) is 3.21. The van der Waals surface area contributed by atoms with Gasteiger partial charge in [-0.05, 0) is 81.1 Å². The average Bonchev–Trinajstić information content (AvgIpc) is 3.18. The summed E-state index contributed by atoms with van der Waals surface area (Å²) < 4.78 is 45.5. The van der Waals surface area contributed by atoms with E-state index in [1.54, 1.807) is 16.8 Å². The second-order valence-corrected chi connectivity index (χ2v) is 9.98. The second kappa shape index (κ2) is 9.38. The highest BCUT2D eigenvalue weighted by atomic mass is 32.2. The first-order chi connectivity index (χ1) is 16.1. The van der Waals surface area contributed by atoms with Crippen LogP contribution in [0.3, 0.4) is 0 Å². The van der Waals surface area contributed by atoms with E-state index in [-0.39, 0.29) is 17.1 Å². The number of nitrogens with one attached hydrogen (secondary N) is 1. The molecule has 1 atom stereocenters. The molecule has 1 unspecified atom stereocenters. The maximum atomic E-state index is 13.4. The largest absolute Gasteiger partial charge is 0.449 e. The zero-order chi connectivity index (χ0) is 24.5. The number of sulfonamides is 1. The fourth-order valence-electron chi connectivity index (χ4n) is 3.98. The van der Waals surface area contributed by atoms with Crippen LogP contribution in [-0.2, 0) is 27.6 Å². The van der Waals surface area contributed by atoms with Gasteiger partial charge in [0, 0.05) is 22.5 Å². The van der Waals surface area contributed by atoms with E-state index in [1.807, 2.05) is 0 Å². The van der Waals surface area contributed by atoms with Crippen LogP contribution in [0.5, 0.6) is 0 Å². The molecule has 4 rings (SSSR count). The van der Waals surface area contributed by atoms with Crippen LogP contribution in [0, 0.1) is 5.82 Å². The number of nitrogens with zero attached hydrogens (tertiary/aromatic N) is 2. The van der Waals surface area contributed by atoms with Crippen molar-refractivity contribution >= 4 is 27.5 Å². The van der Waals surface area contributed by atoms with Gasteiger partial charge in [-0.25, -0.2) is 22.3 Å². The summed E-state index contributed by atoms with van der Waals surface area (Å²) in [5, 5.41) is 4.47. The number of ketones is 1. The lowest BCUT2D eigenvalue weighted by molar-refractivity contribution is 0.0311. The maximum Gasteiger partial charge on any atom is 0.359 e. The average molecular weight is 486 g/mol. The first-order valence-electron chi connectivity index (χ1n) is 10.8. The van der Waals surface area contributed by atoms with E-state index in [9.17, 15) is 22.4 Å². The molecule has 0 spiro atoms. The van der Waals surface area contributed by atoms with E-state index in [0.29, 0.717) is 17.8 Å². The van der Waals surface area contributed by atoms with E-state index in [1.165, 1.54) is 43.3 Å².